The lowest BCUT2D eigenvalue weighted by Crippen LogP contribution is -1.97. The van der Waals surface area contributed by atoms with Crippen molar-refractivity contribution in [2.24, 2.45) is 0 Å². The minimum atomic E-state index is 1.13. The Morgan fingerprint density at radius 1 is 0.667 bits per heavy atom. The fraction of sp³-hybridized carbons (Fsp3) is 0.0769. The van der Waals surface area contributed by atoms with Gasteiger partial charge in [0.15, 0.2) is 0 Å². The summed E-state index contributed by atoms with van der Waals surface area (Å²) in [5.74, 6) is 0. The fourth-order valence-electron chi connectivity index (χ4n) is 4.49. The number of rotatable bonds is 1. The van der Waals surface area contributed by atoms with E-state index < -0.39 is 0 Å². The first kappa shape index (κ1) is 14.8. The number of para-hydroxylation sites is 1. The molecule has 0 bridgehead atoms. The van der Waals surface area contributed by atoms with Crippen LogP contribution in [0.25, 0.3) is 44.3 Å². The van der Waals surface area contributed by atoms with Crippen LogP contribution in [0.5, 0.6) is 0 Å². The molecule has 1 heteroatoms. The van der Waals surface area contributed by atoms with Crippen LogP contribution in [-0.4, -0.2) is 4.57 Å². The van der Waals surface area contributed by atoms with E-state index in [9.17, 15) is 0 Å². The van der Waals surface area contributed by atoms with Gasteiger partial charge in [0.25, 0.3) is 0 Å². The number of hydrogen-bond acceptors (Lipinski definition) is 0. The molecule has 1 aliphatic carbocycles. The van der Waals surface area contributed by atoms with Crippen LogP contribution in [0.15, 0.2) is 84.9 Å². The summed E-state index contributed by atoms with van der Waals surface area (Å²) in [7, 11) is 0. The minimum absolute atomic E-state index is 1.13. The van der Waals surface area contributed by atoms with Gasteiger partial charge in [-0.15, -0.1) is 0 Å². The Kier molecular flexibility index (Phi) is 3.06. The van der Waals surface area contributed by atoms with Gasteiger partial charge in [-0.3, -0.25) is 0 Å². The Labute approximate surface area is 158 Å². The molecule has 0 aliphatic heterocycles. The van der Waals surface area contributed by atoms with E-state index in [1.165, 1.54) is 49.4 Å². The van der Waals surface area contributed by atoms with E-state index in [1.807, 2.05) is 0 Å². The summed E-state index contributed by atoms with van der Waals surface area (Å²) in [6.07, 6.45) is 6.83. The Balaban J connectivity index is 1.74. The van der Waals surface area contributed by atoms with Crippen LogP contribution in [-0.2, 0) is 6.42 Å². The Morgan fingerprint density at radius 3 is 2.48 bits per heavy atom. The van der Waals surface area contributed by atoms with Crippen molar-refractivity contribution in [1.82, 2.24) is 4.57 Å². The van der Waals surface area contributed by atoms with E-state index in [-0.39, 0.29) is 0 Å². The van der Waals surface area contributed by atoms with Gasteiger partial charge in [0.1, 0.15) is 0 Å². The Hall–Kier alpha value is -3.32. The molecule has 5 aromatic rings. The van der Waals surface area contributed by atoms with Crippen LogP contribution in [0.1, 0.15) is 17.5 Å². The second-order valence-electron chi connectivity index (χ2n) is 7.39. The van der Waals surface area contributed by atoms with Crippen molar-refractivity contribution in [2.45, 2.75) is 12.8 Å². The quantitative estimate of drug-likeness (QED) is 0.311. The van der Waals surface area contributed by atoms with Crippen LogP contribution in [0, 0.1) is 0 Å². The molecule has 0 atom stereocenters. The minimum Gasteiger partial charge on any atom is -0.309 e. The summed E-state index contributed by atoms with van der Waals surface area (Å²) >= 11 is 0. The largest absolute Gasteiger partial charge is 0.309 e. The Morgan fingerprint density at radius 2 is 1.52 bits per heavy atom. The number of aryl methyl sites for hydroxylation is 1. The maximum Gasteiger partial charge on any atom is 0.0544 e. The monoisotopic (exact) mass is 345 g/mol. The average Bonchev–Trinajstić information content (AvgIpc) is 3.05. The lowest BCUT2D eigenvalue weighted by Gasteiger charge is -2.13. The standard InChI is InChI=1S/C26H19N/c1-2-8-19-15-22(14-13-18(19)7-1)27-25-12-6-5-11-23(25)24-16-20-9-3-4-10-21(20)17-26(24)27/h1-3,5-9,11-17H,4,10H2. The molecular formula is C26H19N. The molecule has 0 saturated carbocycles. The highest BCUT2D eigenvalue weighted by Crippen LogP contribution is 2.36. The second kappa shape index (κ2) is 5.59. The van der Waals surface area contributed by atoms with Crippen LogP contribution in [0.4, 0.5) is 0 Å². The van der Waals surface area contributed by atoms with Crippen LogP contribution in [0.2, 0.25) is 0 Å². The molecule has 0 saturated heterocycles. The van der Waals surface area contributed by atoms with E-state index in [0.717, 1.165) is 12.8 Å². The van der Waals surface area contributed by atoms with E-state index in [0.29, 0.717) is 0 Å². The third-order valence-electron chi connectivity index (χ3n) is 5.80. The average molecular weight is 345 g/mol. The highest BCUT2D eigenvalue weighted by Gasteiger charge is 2.15. The van der Waals surface area contributed by atoms with Gasteiger partial charge in [0.05, 0.1) is 11.0 Å². The number of hydrogen-bond donors (Lipinski definition) is 0. The van der Waals surface area contributed by atoms with Crippen molar-refractivity contribution in [2.75, 3.05) is 0 Å². The zero-order chi connectivity index (χ0) is 17.8. The van der Waals surface area contributed by atoms with Crippen molar-refractivity contribution < 1.29 is 0 Å². The van der Waals surface area contributed by atoms with Gasteiger partial charge >= 0.3 is 0 Å². The molecule has 0 fully saturated rings. The van der Waals surface area contributed by atoms with Gasteiger partial charge in [0.2, 0.25) is 0 Å². The first-order valence-corrected chi connectivity index (χ1v) is 9.60. The molecule has 1 heterocycles. The first-order valence-electron chi connectivity index (χ1n) is 9.60. The van der Waals surface area contributed by atoms with E-state index in [4.69, 9.17) is 0 Å². The highest BCUT2D eigenvalue weighted by molar-refractivity contribution is 6.10. The molecule has 27 heavy (non-hydrogen) atoms. The van der Waals surface area contributed by atoms with Gasteiger partial charge in [-0.2, -0.15) is 0 Å². The van der Waals surface area contributed by atoms with Crippen molar-refractivity contribution in [3.8, 4) is 5.69 Å². The predicted octanol–water partition coefficient (Wildman–Crippen LogP) is 6.90. The molecule has 1 aliphatic rings. The van der Waals surface area contributed by atoms with Gasteiger partial charge in [-0.25, -0.2) is 0 Å². The maximum absolute atomic E-state index is 2.43. The van der Waals surface area contributed by atoms with E-state index in [2.05, 4.69) is 95.6 Å². The van der Waals surface area contributed by atoms with Crippen LogP contribution in [0.3, 0.4) is 0 Å². The topological polar surface area (TPSA) is 4.93 Å². The smallest absolute Gasteiger partial charge is 0.0544 e. The number of nitrogens with zero attached hydrogens (tertiary/aromatic N) is 1. The zero-order valence-electron chi connectivity index (χ0n) is 15.0. The van der Waals surface area contributed by atoms with E-state index >= 15 is 0 Å². The highest BCUT2D eigenvalue weighted by atomic mass is 15.0. The lowest BCUT2D eigenvalue weighted by molar-refractivity contribution is 0.987. The summed E-state index contributed by atoms with van der Waals surface area (Å²) in [5, 5.41) is 5.22. The molecule has 1 aromatic heterocycles. The fourth-order valence-corrected chi connectivity index (χ4v) is 4.49. The van der Waals surface area contributed by atoms with E-state index in [1.54, 1.807) is 0 Å². The third kappa shape index (κ3) is 2.18. The Bertz CT molecular complexity index is 1370. The third-order valence-corrected chi connectivity index (χ3v) is 5.80. The van der Waals surface area contributed by atoms with Crippen LogP contribution >= 0.6 is 0 Å². The number of allylic oxidation sites excluding steroid dienone is 1. The predicted molar refractivity (Wildman–Crippen MR) is 116 cm³/mol. The van der Waals surface area contributed by atoms with Gasteiger partial charge in [-0.1, -0.05) is 60.7 Å². The zero-order valence-corrected chi connectivity index (χ0v) is 15.0. The molecule has 6 rings (SSSR count). The molecule has 0 unspecified atom stereocenters. The molecule has 0 radical (unpaired) electrons. The van der Waals surface area contributed by atoms with Crippen molar-refractivity contribution in [3.05, 3.63) is 96.1 Å². The molecule has 0 spiro atoms. The van der Waals surface area contributed by atoms with Gasteiger partial charge in [0, 0.05) is 16.5 Å². The summed E-state index contributed by atoms with van der Waals surface area (Å²) in [5.41, 5.74) is 6.63. The second-order valence-corrected chi connectivity index (χ2v) is 7.39. The normalized spacial score (nSPS) is 13.5. The molecule has 0 N–H and O–H groups in total. The number of aromatic nitrogens is 1. The van der Waals surface area contributed by atoms with Crippen molar-refractivity contribution in [3.63, 3.8) is 0 Å². The molecule has 1 nitrogen and oxygen atoms in total. The van der Waals surface area contributed by atoms with Gasteiger partial charge < -0.3 is 4.57 Å². The van der Waals surface area contributed by atoms with Crippen molar-refractivity contribution in [1.29, 1.82) is 0 Å². The maximum atomic E-state index is 2.43. The molecule has 0 amide bonds. The van der Waals surface area contributed by atoms with Gasteiger partial charge in [-0.05, 0) is 65.1 Å². The summed E-state index contributed by atoms with van der Waals surface area (Å²) < 4.78 is 2.43. The van der Waals surface area contributed by atoms with Crippen molar-refractivity contribution >= 4 is 38.7 Å². The number of fused-ring (bicyclic) bond motifs is 5. The summed E-state index contributed by atoms with van der Waals surface area (Å²) in [6.45, 7) is 0. The lowest BCUT2D eigenvalue weighted by atomic mass is 9.95. The SMILES string of the molecule is C1=Cc2cc3c4ccccc4n(-c4ccc5ccccc5c4)c3cc2CC1. The molecular weight excluding hydrogens is 326 g/mol. The first-order chi connectivity index (χ1) is 13.4. The number of benzene rings is 4. The summed E-state index contributed by atoms with van der Waals surface area (Å²) in [6, 6.07) is 28.9. The molecule has 4 aromatic carbocycles. The molecule has 128 valence electrons. The van der Waals surface area contributed by atoms with Crippen LogP contribution < -0.4 is 0 Å². The summed E-state index contributed by atoms with van der Waals surface area (Å²) in [4.78, 5) is 0.